The van der Waals surface area contributed by atoms with Crippen molar-refractivity contribution >= 4 is 0 Å². The Morgan fingerprint density at radius 2 is 2.12 bits per heavy atom. The molecular formula is C14H15FN2. The maximum Gasteiger partial charge on any atom is 0.126 e. The third-order valence-electron chi connectivity index (χ3n) is 2.78. The summed E-state index contributed by atoms with van der Waals surface area (Å²) in [5.74, 6) is -0.209. The Kier molecular flexibility index (Phi) is 3.49. The largest absolute Gasteiger partial charge is 0.324 e. The fourth-order valence-corrected chi connectivity index (χ4v) is 1.70. The molecule has 0 aliphatic heterocycles. The lowest BCUT2D eigenvalue weighted by Crippen LogP contribution is -2.14. The van der Waals surface area contributed by atoms with Crippen molar-refractivity contribution in [3.63, 3.8) is 0 Å². The van der Waals surface area contributed by atoms with Crippen LogP contribution in [0.15, 0.2) is 42.6 Å². The lowest BCUT2D eigenvalue weighted by Gasteiger charge is -2.12. The molecule has 2 aromatic rings. The van der Waals surface area contributed by atoms with Crippen LogP contribution in [0.2, 0.25) is 0 Å². The number of aromatic nitrogens is 1. The summed E-state index contributed by atoms with van der Waals surface area (Å²) in [6.07, 6.45) is 2.35. The van der Waals surface area contributed by atoms with Gasteiger partial charge in [-0.2, -0.15) is 0 Å². The number of halogens is 1. The van der Waals surface area contributed by atoms with Gasteiger partial charge in [-0.25, -0.2) is 4.39 Å². The van der Waals surface area contributed by atoms with Gasteiger partial charge in [0.05, 0.1) is 0 Å². The van der Waals surface area contributed by atoms with Gasteiger partial charge in [0.25, 0.3) is 0 Å². The Hall–Kier alpha value is -1.74. The summed E-state index contributed by atoms with van der Waals surface area (Å²) in [5, 5.41) is 0. The van der Waals surface area contributed by atoms with Crippen molar-refractivity contribution in [2.24, 2.45) is 5.73 Å². The van der Waals surface area contributed by atoms with Crippen LogP contribution in [-0.4, -0.2) is 4.98 Å². The number of nitrogens with two attached hydrogens (primary N) is 1. The van der Waals surface area contributed by atoms with Gasteiger partial charge in [-0.15, -0.1) is 0 Å². The van der Waals surface area contributed by atoms with Gasteiger partial charge in [-0.05, 0) is 36.2 Å². The highest BCUT2D eigenvalue weighted by molar-refractivity contribution is 5.26. The minimum absolute atomic E-state index is 0.209. The highest BCUT2D eigenvalue weighted by Gasteiger charge is 2.09. The van der Waals surface area contributed by atoms with Gasteiger partial charge in [-0.1, -0.05) is 18.2 Å². The highest BCUT2D eigenvalue weighted by atomic mass is 19.1. The average Bonchev–Trinajstić information content (AvgIpc) is 2.34. The molecule has 0 saturated carbocycles. The number of aryl methyl sites for hydroxylation is 1. The summed E-state index contributed by atoms with van der Waals surface area (Å²) in [6, 6.07) is 10.6. The van der Waals surface area contributed by atoms with Crippen LogP contribution < -0.4 is 5.73 Å². The molecule has 1 unspecified atom stereocenters. The van der Waals surface area contributed by atoms with Gasteiger partial charge in [0.15, 0.2) is 0 Å². The fourth-order valence-electron chi connectivity index (χ4n) is 1.70. The van der Waals surface area contributed by atoms with Crippen molar-refractivity contribution in [3.8, 4) is 0 Å². The first-order valence-corrected chi connectivity index (χ1v) is 5.58. The van der Waals surface area contributed by atoms with E-state index < -0.39 is 0 Å². The monoisotopic (exact) mass is 230 g/mol. The number of rotatable bonds is 3. The van der Waals surface area contributed by atoms with E-state index >= 15 is 0 Å². The summed E-state index contributed by atoms with van der Waals surface area (Å²) < 4.78 is 13.4. The summed E-state index contributed by atoms with van der Waals surface area (Å²) in [5.41, 5.74) is 8.40. The Morgan fingerprint density at radius 1 is 1.29 bits per heavy atom. The Bertz CT molecular complexity index is 497. The normalized spacial score (nSPS) is 12.4. The van der Waals surface area contributed by atoms with Crippen molar-refractivity contribution in [2.75, 3.05) is 0 Å². The van der Waals surface area contributed by atoms with E-state index in [0.717, 1.165) is 11.3 Å². The molecule has 2 rings (SSSR count). The molecular weight excluding hydrogens is 215 g/mol. The lowest BCUT2D eigenvalue weighted by molar-refractivity contribution is 0.609. The molecule has 88 valence electrons. The first-order valence-electron chi connectivity index (χ1n) is 5.58. The van der Waals surface area contributed by atoms with Crippen LogP contribution in [0.4, 0.5) is 4.39 Å². The van der Waals surface area contributed by atoms with E-state index in [4.69, 9.17) is 5.73 Å². The van der Waals surface area contributed by atoms with Crippen molar-refractivity contribution in [1.29, 1.82) is 0 Å². The minimum Gasteiger partial charge on any atom is -0.324 e. The van der Waals surface area contributed by atoms with Crippen LogP contribution in [0, 0.1) is 12.7 Å². The minimum atomic E-state index is -0.222. The van der Waals surface area contributed by atoms with Crippen molar-refractivity contribution in [3.05, 3.63) is 65.2 Å². The van der Waals surface area contributed by atoms with Crippen LogP contribution >= 0.6 is 0 Å². The second kappa shape index (κ2) is 5.06. The second-order valence-electron chi connectivity index (χ2n) is 4.14. The van der Waals surface area contributed by atoms with E-state index in [-0.39, 0.29) is 11.9 Å². The SMILES string of the molecule is Cc1ccc(C(N)Cc2ccccn2)cc1F. The predicted molar refractivity (Wildman–Crippen MR) is 66.0 cm³/mol. The average molecular weight is 230 g/mol. The van der Waals surface area contributed by atoms with Gasteiger partial charge in [0.2, 0.25) is 0 Å². The number of pyridine rings is 1. The lowest BCUT2D eigenvalue weighted by atomic mass is 10.0. The molecule has 3 heteroatoms. The van der Waals surface area contributed by atoms with Crippen LogP contribution in [-0.2, 0) is 6.42 Å². The molecule has 17 heavy (non-hydrogen) atoms. The maximum absolute atomic E-state index is 13.4. The van der Waals surface area contributed by atoms with Gasteiger partial charge in [0, 0.05) is 24.4 Å². The van der Waals surface area contributed by atoms with Gasteiger partial charge in [-0.3, -0.25) is 4.98 Å². The van der Waals surface area contributed by atoms with Crippen LogP contribution in [0.3, 0.4) is 0 Å². The molecule has 1 atom stereocenters. The Morgan fingerprint density at radius 3 is 2.76 bits per heavy atom. The van der Waals surface area contributed by atoms with Crippen molar-refractivity contribution in [1.82, 2.24) is 4.98 Å². The zero-order valence-electron chi connectivity index (χ0n) is 9.73. The second-order valence-corrected chi connectivity index (χ2v) is 4.14. The predicted octanol–water partition coefficient (Wildman–Crippen LogP) is 2.77. The summed E-state index contributed by atoms with van der Waals surface area (Å²) in [6.45, 7) is 1.74. The van der Waals surface area contributed by atoms with E-state index in [1.165, 1.54) is 6.07 Å². The molecule has 1 aromatic carbocycles. The van der Waals surface area contributed by atoms with Crippen LogP contribution in [0.25, 0.3) is 0 Å². The van der Waals surface area contributed by atoms with E-state index in [1.54, 1.807) is 19.2 Å². The number of hydrogen-bond acceptors (Lipinski definition) is 2. The smallest absolute Gasteiger partial charge is 0.126 e. The number of hydrogen-bond donors (Lipinski definition) is 1. The summed E-state index contributed by atoms with van der Waals surface area (Å²) in [4.78, 5) is 4.21. The van der Waals surface area contributed by atoms with Gasteiger partial charge >= 0.3 is 0 Å². The maximum atomic E-state index is 13.4. The molecule has 0 aliphatic carbocycles. The quantitative estimate of drug-likeness (QED) is 0.880. The Balaban J connectivity index is 2.14. The standard InChI is InChI=1S/C14H15FN2/c1-10-5-6-11(8-13(10)15)14(16)9-12-4-2-3-7-17-12/h2-8,14H,9,16H2,1H3. The molecule has 1 aromatic heterocycles. The first kappa shape index (κ1) is 11.7. The van der Waals surface area contributed by atoms with Gasteiger partial charge < -0.3 is 5.73 Å². The molecule has 0 saturated heterocycles. The van der Waals surface area contributed by atoms with E-state index in [0.29, 0.717) is 12.0 Å². The third kappa shape index (κ3) is 2.88. The molecule has 0 aliphatic rings. The summed E-state index contributed by atoms with van der Waals surface area (Å²) >= 11 is 0. The van der Waals surface area contributed by atoms with Crippen molar-refractivity contribution < 1.29 is 4.39 Å². The van der Waals surface area contributed by atoms with E-state index in [2.05, 4.69) is 4.98 Å². The molecule has 2 nitrogen and oxygen atoms in total. The number of benzene rings is 1. The molecule has 0 spiro atoms. The van der Waals surface area contributed by atoms with Crippen LogP contribution in [0.1, 0.15) is 22.9 Å². The highest BCUT2D eigenvalue weighted by Crippen LogP contribution is 2.17. The zero-order valence-corrected chi connectivity index (χ0v) is 9.73. The van der Waals surface area contributed by atoms with E-state index in [1.807, 2.05) is 24.3 Å². The molecule has 0 radical (unpaired) electrons. The van der Waals surface area contributed by atoms with Crippen LogP contribution in [0.5, 0.6) is 0 Å². The number of nitrogens with zero attached hydrogens (tertiary/aromatic N) is 1. The fraction of sp³-hybridized carbons (Fsp3) is 0.214. The van der Waals surface area contributed by atoms with Crippen molar-refractivity contribution in [2.45, 2.75) is 19.4 Å². The Labute approximate surface area is 100 Å². The molecule has 0 fully saturated rings. The summed E-state index contributed by atoms with van der Waals surface area (Å²) in [7, 11) is 0. The molecule has 0 amide bonds. The van der Waals surface area contributed by atoms with E-state index in [9.17, 15) is 4.39 Å². The molecule has 0 bridgehead atoms. The zero-order chi connectivity index (χ0) is 12.3. The molecule has 1 heterocycles. The van der Waals surface area contributed by atoms with Gasteiger partial charge in [0.1, 0.15) is 5.82 Å². The third-order valence-corrected chi connectivity index (χ3v) is 2.78. The molecule has 2 N–H and O–H groups in total. The topological polar surface area (TPSA) is 38.9 Å². The first-order chi connectivity index (χ1) is 8.16.